The Balaban J connectivity index is 1.93. The molecular formula is C17H15NO7. The van der Waals surface area contributed by atoms with Gasteiger partial charge in [-0.25, -0.2) is 4.79 Å². The lowest BCUT2D eigenvalue weighted by Crippen LogP contribution is -2.04. The van der Waals surface area contributed by atoms with Crippen LogP contribution in [-0.2, 0) is 16.2 Å². The summed E-state index contributed by atoms with van der Waals surface area (Å²) >= 11 is 0. The van der Waals surface area contributed by atoms with Crippen molar-refractivity contribution in [3.8, 4) is 17.2 Å². The molecule has 0 aliphatic carbocycles. The molecule has 8 nitrogen and oxygen atoms in total. The lowest BCUT2D eigenvalue weighted by atomic mass is 10.2. The van der Waals surface area contributed by atoms with E-state index in [9.17, 15) is 20.0 Å². The van der Waals surface area contributed by atoms with Crippen LogP contribution in [0, 0.1) is 10.1 Å². The fraction of sp³-hybridized carbons (Fsp3) is 0.118. The van der Waals surface area contributed by atoms with Gasteiger partial charge in [0, 0.05) is 6.08 Å². The third-order valence-corrected chi connectivity index (χ3v) is 3.09. The van der Waals surface area contributed by atoms with Crippen LogP contribution in [0.5, 0.6) is 17.2 Å². The van der Waals surface area contributed by atoms with Gasteiger partial charge in [-0.1, -0.05) is 18.2 Å². The van der Waals surface area contributed by atoms with Crippen molar-refractivity contribution in [2.24, 2.45) is 0 Å². The summed E-state index contributed by atoms with van der Waals surface area (Å²) in [7, 11) is 1.44. The quantitative estimate of drug-likeness (QED) is 0.270. The second kappa shape index (κ2) is 8.34. The van der Waals surface area contributed by atoms with E-state index in [0.29, 0.717) is 16.9 Å². The van der Waals surface area contributed by atoms with Crippen molar-refractivity contribution in [3.63, 3.8) is 0 Å². The summed E-state index contributed by atoms with van der Waals surface area (Å²) in [5, 5.41) is 18.9. The zero-order valence-electron chi connectivity index (χ0n) is 13.2. The molecule has 2 aromatic carbocycles. The highest BCUT2D eigenvalue weighted by Crippen LogP contribution is 2.26. The average molecular weight is 345 g/mol. The fourth-order valence-electron chi connectivity index (χ4n) is 1.91. The number of hydrogen-bond donors (Lipinski definition) is 1. The zero-order valence-corrected chi connectivity index (χ0v) is 13.2. The van der Waals surface area contributed by atoms with Crippen LogP contribution in [0.25, 0.3) is 6.08 Å². The normalized spacial score (nSPS) is 10.4. The molecule has 0 unspecified atom stereocenters. The lowest BCUT2D eigenvalue weighted by Gasteiger charge is -2.04. The van der Waals surface area contributed by atoms with Gasteiger partial charge in [0.1, 0.15) is 12.4 Å². The van der Waals surface area contributed by atoms with E-state index in [4.69, 9.17) is 9.47 Å². The maximum atomic E-state index is 11.8. The number of carbonyl (C=O) groups excluding carboxylic acids is 1. The molecule has 0 spiro atoms. The molecule has 2 aromatic rings. The van der Waals surface area contributed by atoms with E-state index in [2.05, 4.69) is 4.84 Å². The SMILES string of the molecule is COc1ccc(C=CC(=O)Oc2ccc(CO[N+](=O)[O-])cc2)cc1O. The van der Waals surface area contributed by atoms with E-state index in [-0.39, 0.29) is 18.1 Å². The Kier molecular flexibility index (Phi) is 5.94. The first-order valence-corrected chi connectivity index (χ1v) is 7.11. The molecule has 8 heteroatoms. The Hall–Kier alpha value is -3.55. The van der Waals surface area contributed by atoms with Gasteiger partial charge in [-0.3, -0.25) is 0 Å². The molecule has 0 amide bonds. The Morgan fingerprint density at radius 3 is 2.56 bits per heavy atom. The number of methoxy groups -OCH3 is 1. The highest BCUT2D eigenvalue weighted by atomic mass is 16.9. The molecule has 0 radical (unpaired) electrons. The molecule has 0 fully saturated rings. The van der Waals surface area contributed by atoms with E-state index in [0.717, 1.165) is 0 Å². The second-order valence-corrected chi connectivity index (χ2v) is 4.83. The van der Waals surface area contributed by atoms with E-state index >= 15 is 0 Å². The number of rotatable bonds is 7. The fourth-order valence-corrected chi connectivity index (χ4v) is 1.91. The van der Waals surface area contributed by atoms with Crippen molar-refractivity contribution in [1.82, 2.24) is 0 Å². The Labute approximate surface area is 143 Å². The number of nitrogens with zero attached hydrogens (tertiary/aromatic N) is 1. The number of carbonyl (C=O) groups is 1. The van der Waals surface area contributed by atoms with Crippen molar-refractivity contribution in [2.75, 3.05) is 7.11 Å². The van der Waals surface area contributed by atoms with Crippen molar-refractivity contribution in [3.05, 3.63) is 69.8 Å². The van der Waals surface area contributed by atoms with Gasteiger partial charge in [-0.05, 0) is 41.5 Å². The molecule has 0 atom stereocenters. The van der Waals surface area contributed by atoms with E-state index in [1.54, 1.807) is 24.3 Å². The summed E-state index contributed by atoms with van der Waals surface area (Å²) in [5.41, 5.74) is 1.17. The minimum atomic E-state index is -0.879. The predicted molar refractivity (Wildman–Crippen MR) is 87.6 cm³/mol. The number of benzene rings is 2. The van der Waals surface area contributed by atoms with Gasteiger partial charge >= 0.3 is 5.97 Å². The van der Waals surface area contributed by atoms with Gasteiger partial charge in [0.05, 0.1) is 7.11 Å². The molecule has 0 aromatic heterocycles. The van der Waals surface area contributed by atoms with Gasteiger partial charge in [0.15, 0.2) is 11.5 Å². The second-order valence-electron chi connectivity index (χ2n) is 4.83. The first-order valence-electron chi connectivity index (χ1n) is 7.11. The molecule has 0 heterocycles. The van der Waals surface area contributed by atoms with Crippen molar-refractivity contribution >= 4 is 12.0 Å². The van der Waals surface area contributed by atoms with Gasteiger partial charge in [0.2, 0.25) is 0 Å². The van der Waals surface area contributed by atoms with Crippen molar-refractivity contribution in [2.45, 2.75) is 6.61 Å². The number of esters is 1. The standard InChI is InChI=1S/C17H15NO7/c1-23-16-8-4-12(10-15(16)19)5-9-17(20)25-14-6-2-13(3-7-14)11-24-18(21)22/h2-10,19H,11H2,1H3. The molecule has 0 saturated heterocycles. The van der Waals surface area contributed by atoms with Crippen LogP contribution in [0.15, 0.2) is 48.5 Å². The molecule has 0 saturated carbocycles. The van der Waals surface area contributed by atoms with Crippen molar-refractivity contribution < 1.29 is 29.3 Å². The molecule has 0 aliphatic rings. The van der Waals surface area contributed by atoms with Crippen LogP contribution in [0.2, 0.25) is 0 Å². The highest BCUT2D eigenvalue weighted by molar-refractivity contribution is 5.88. The third kappa shape index (κ3) is 5.54. The highest BCUT2D eigenvalue weighted by Gasteiger charge is 2.04. The first-order chi connectivity index (χ1) is 12.0. The Morgan fingerprint density at radius 1 is 1.24 bits per heavy atom. The van der Waals surface area contributed by atoms with Crippen LogP contribution >= 0.6 is 0 Å². The number of phenols is 1. The molecule has 1 N–H and O–H groups in total. The third-order valence-electron chi connectivity index (χ3n) is 3.09. The number of aromatic hydroxyl groups is 1. The van der Waals surface area contributed by atoms with Gasteiger partial charge in [0.25, 0.3) is 5.09 Å². The van der Waals surface area contributed by atoms with Crippen LogP contribution in [0.4, 0.5) is 0 Å². The van der Waals surface area contributed by atoms with Crippen LogP contribution < -0.4 is 9.47 Å². The first kappa shape index (κ1) is 17.8. The molecule has 130 valence electrons. The summed E-state index contributed by atoms with van der Waals surface area (Å²) in [5.74, 6) is -0.0203. The average Bonchev–Trinajstić information content (AvgIpc) is 2.59. The van der Waals surface area contributed by atoms with Crippen LogP contribution in [-0.4, -0.2) is 23.3 Å². The summed E-state index contributed by atoms with van der Waals surface area (Å²) in [6.45, 7) is -0.178. The summed E-state index contributed by atoms with van der Waals surface area (Å²) in [4.78, 5) is 26.1. The maximum absolute atomic E-state index is 11.8. The summed E-state index contributed by atoms with van der Waals surface area (Å²) < 4.78 is 10.0. The van der Waals surface area contributed by atoms with E-state index < -0.39 is 11.1 Å². The molecule has 0 aliphatic heterocycles. The Bertz CT molecular complexity index is 784. The number of ether oxygens (including phenoxy) is 2. The number of phenolic OH excluding ortho intramolecular Hbond substituents is 1. The summed E-state index contributed by atoms with van der Waals surface area (Å²) in [6, 6.07) is 10.8. The maximum Gasteiger partial charge on any atom is 0.336 e. The van der Waals surface area contributed by atoms with Gasteiger partial charge in [-0.15, -0.1) is 10.1 Å². The van der Waals surface area contributed by atoms with E-state index in [1.165, 1.54) is 37.5 Å². The molecular weight excluding hydrogens is 330 g/mol. The predicted octanol–water partition coefficient (Wildman–Crippen LogP) is 2.73. The minimum Gasteiger partial charge on any atom is -0.504 e. The van der Waals surface area contributed by atoms with E-state index in [1.807, 2.05) is 0 Å². The number of hydrogen-bond acceptors (Lipinski definition) is 7. The lowest BCUT2D eigenvalue weighted by molar-refractivity contribution is -0.763. The topological polar surface area (TPSA) is 108 Å². The van der Waals surface area contributed by atoms with Gasteiger partial charge < -0.3 is 19.4 Å². The van der Waals surface area contributed by atoms with Gasteiger partial charge in [-0.2, -0.15) is 0 Å². The molecule has 2 rings (SSSR count). The zero-order chi connectivity index (χ0) is 18.2. The summed E-state index contributed by atoms with van der Waals surface area (Å²) in [6.07, 6.45) is 2.70. The minimum absolute atomic E-state index is 0.0365. The molecule has 25 heavy (non-hydrogen) atoms. The Morgan fingerprint density at radius 2 is 1.96 bits per heavy atom. The van der Waals surface area contributed by atoms with Crippen molar-refractivity contribution in [1.29, 1.82) is 0 Å². The largest absolute Gasteiger partial charge is 0.504 e. The molecule has 0 bridgehead atoms. The smallest absolute Gasteiger partial charge is 0.336 e. The monoisotopic (exact) mass is 345 g/mol. The van der Waals surface area contributed by atoms with Crippen LogP contribution in [0.1, 0.15) is 11.1 Å². The van der Waals surface area contributed by atoms with Crippen LogP contribution in [0.3, 0.4) is 0 Å².